The molecule has 2 fully saturated rings. The molecule has 0 spiro atoms. The predicted octanol–water partition coefficient (Wildman–Crippen LogP) is 1.93. The lowest BCUT2D eigenvalue weighted by molar-refractivity contribution is 0.0958. The number of carbonyl (C=O) groups excluding carboxylic acids is 1. The summed E-state index contributed by atoms with van der Waals surface area (Å²) in [5.74, 6) is 0.722. The summed E-state index contributed by atoms with van der Waals surface area (Å²) in [6.07, 6.45) is -0.895. The summed E-state index contributed by atoms with van der Waals surface area (Å²) in [5.41, 5.74) is 2.74. The molecule has 1 amide bonds. The maximum atomic E-state index is 13.3. The van der Waals surface area contributed by atoms with Crippen LogP contribution >= 0.6 is 0 Å². The molecule has 2 aromatic carbocycles. The van der Waals surface area contributed by atoms with E-state index < -0.39 is 6.23 Å². The van der Waals surface area contributed by atoms with Gasteiger partial charge in [-0.15, -0.1) is 0 Å². The summed E-state index contributed by atoms with van der Waals surface area (Å²) in [6.45, 7) is 1.81. The SMILES string of the molecule is CNC(=O)c1cc(C(O)NC2[C@H]3COC[C@@H]23)cc2c1OC[C@H]2c1ccc(F)cc1. The summed E-state index contributed by atoms with van der Waals surface area (Å²) in [5, 5.41) is 16.7. The molecule has 1 saturated heterocycles. The lowest BCUT2D eigenvalue weighted by Crippen LogP contribution is -2.28. The Labute approximate surface area is 168 Å². The molecular weight excluding hydrogens is 375 g/mol. The van der Waals surface area contributed by atoms with E-state index in [4.69, 9.17) is 9.47 Å². The summed E-state index contributed by atoms with van der Waals surface area (Å²) >= 11 is 0. The van der Waals surface area contributed by atoms with Crippen molar-refractivity contribution in [2.24, 2.45) is 11.8 Å². The molecule has 2 unspecified atom stereocenters. The van der Waals surface area contributed by atoms with Gasteiger partial charge in [-0.25, -0.2) is 4.39 Å². The van der Waals surface area contributed by atoms with E-state index in [1.165, 1.54) is 12.1 Å². The fourth-order valence-corrected chi connectivity index (χ4v) is 4.55. The number of ether oxygens (including phenoxy) is 2. The molecule has 2 aromatic rings. The summed E-state index contributed by atoms with van der Waals surface area (Å²) in [6, 6.07) is 10.1. The first kappa shape index (κ1) is 18.5. The van der Waals surface area contributed by atoms with Crippen molar-refractivity contribution >= 4 is 5.91 Å². The number of rotatable bonds is 5. The second kappa shape index (κ2) is 7.09. The number of aliphatic hydroxyl groups is 1. The third kappa shape index (κ3) is 3.19. The molecule has 0 bridgehead atoms. The van der Waals surface area contributed by atoms with Gasteiger partial charge in [-0.1, -0.05) is 12.1 Å². The number of hydrogen-bond acceptors (Lipinski definition) is 5. The maximum absolute atomic E-state index is 13.3. The molecule has 1 aliphatic carbocycles. The fourth-order valence-electron chi connectivity index (χ4n) is 4.55. The number of carbonyl (C=O) groups is 1. The number of fused-ring (bicyclic) bond motifs is 2. The van der Waals surface area contributed by atoms with Gasteiger partial charge in [0.25, 0.3) is 5.91 Å². The van der Waals surface area contributed by atoms with Gasteiger partial charge < -0.3 is 19.9 Å². The van der Waals surface area contributed by atoms with Crippen LogP contribution in [0.3, 0.4) is 0 Å². The highest BCUT2D eigenvalue weighted by atomic mass is 19.1. The molecule has 1 saturated carbocycles. The second-order valence-electron chi connectivity index (χ2n) is 7.94. The molecule has 7 heteroatoms. The minimum Gasteiger partial charge on any atom is -0.491 e. The van der Waals surface area contributed by atoms with Gasteiger partial charge >= 0.3 is 0 Å². The highest BCUT2D eigenvalue weighted by molar-refractivity contribution is 5.97. The topological polar surface area (TPSA) is 79.8 Å². The van der Waals surface area contributed by atoms with Gasteiger partial charge in [0.2, 0.25) is 0 Å². The van der Waals surface area contributed by atoms with Crippen molar-refractivity contribution in [1.29, 1.82) is 0 Å². The number of hydrogen-bond donors (Lipinski definition) is 3. The first-order valence-electron chi connectivity index (χ1n) is 9.87. The summed E-state index contributed by atoms with van der Waals surface area (Å²) in [4.78, 5) is 12.5. The molecule has 152 valence electrons. The molecular formula is C22H23FN2O4. The highest BCUT2D eigenvalue weighted by Crippen LogP contribution is 2.46. The van der Waals surface area contributed by atoms with Gasteiger partial charge in [-0.3, -0.25) is 10.1 Å². The van der Waals surface area contributed by atoms with Gasteiger partial charge in [0.05, 0.1) is 25.4 Å². The Balaban J connectivity index is 1.48. The van der Waals surface area contributed by atoms with E-state index in [1.54, 1.807) is 25.2 Å². The zero-order chi connectivity index (χ0) is 20.1. The molecule has 0 radical (unpaired) electrons. The minimum atomic E-state index is -0.895. The number of benzene rings is 2. The predicted molar refractivity (Wildman–Crippen MR) is 103 cm³/mol. The average molecular weight is 398 g/mol. The largest absolute Gasteiger partial charge is 0.491 e. The Morgan fingerprint density at radius 2 is 1.90 bits per heavy atom. The molecule has 0 aromatic heterocycles. The first-order chi connectivity index (χ1) is 14.1. The maximum Gasteiger partial charge on any atom is 0.254 e. The highest BCUT2D eigenvalue weighted by Gasteiger charge is 2.54. The van der Waals surface area contributed by atoms with Crippen LogP contribution in [0.1, 0.15) is 39.2 Å². The van der Waals surface area contributed by atoms with Crippen molar-refractivity contribution < 1.29 is 23.8 Å². The van der Waals surface area contributed by atoms with Crippen molar-refractivity contribution in [1.82, 2.24) is 10.6 Å². The third-order valence-corrected chi connectivity index (χ3v) is 6.27. The van der Waals surface area contributed by atoms with Gasteiger partial charge in [0.15, 0.2) is 0 Å². The van der Waals surface area contributed by atoms with Crippen molar-refractivity contribution in [2.45, 2.75) is 18.2 Å². The Hall–Kier alpha value is -2.48. The first-order valence-corrected chi connectivity index (χ1v) is 9.87. The Bertz CT molecular complexity index is 939. The number of amides is 1. The molecule has 3 aliphatic rings. The molecule has 5 atom stereocenters. The molecule has 3 N–H and O–H groups in total. The van der Waals surface area contributed by atoms with Gasteiger partial charge in [0.1, 0.15) is 17.8 Å². The zero-order valence-corrected chi connectivity index (χ0v) is 16.0. The van der Waals surface area contributed by atoms with Crippen LogP contribution in [0.15, 0.2) is 36.4 Å². The van der Waals surface area contributed by atoms with Gasteiger partial charge in [-0.2, -0.15) is 0 Å². The molecule has 2 aliphatic heterocycles. The fraction of sp³-hybridized carbons (Fsp3) is 0.409. The second-order valence-corrected chi connectivity index (χ2v) is 7.94. The minimum absolute atomic E-state index is 0.130. The van der Waals surface area contributed by atoms with E-state index >= 15 is 0 Å². The van der Waals surface area contributed by atoms with E-state index in [2.05, 4.69) is 10.6 Å². The van der Waals surface area contributed by atoms with Crippen LogP contribution < -0.4 is 15.4 Å². The van der Waals surface area contributed by atoms with Crippen LogP contribution in [0.2, 0.25) is 0 Å². The molecule has 5 rings (SSSR count). The van der Waals surface area contributed by atoms with E-state index in [0.717, 1.165) is 24.3 Å². The zero-order valence-electron chi connectivity index (χ0n) is 16.0. The average Bonchev–Trinajstić information content (AvgIpc) is 3.09. The van der Waals surface area contributed by atoms with Crippen LogP contribution in [-0.4, -0.2) is 43.9 Å². The summed E-state index contributed by atoms with van der Waals surface area (Å²) < 4.78 is 24.6. The Kier molecular flexibility index (Phi) is 4.53. The van der Waals surface area contributed by atoms with Crippen molar-refractivity contribution in [3.63, 3.8) is 0 Å². The molecule has 29 heavy (non-hydrogen) atoms. The van der Waals surface area contributed by atoms with Crippen molar-refractivity contribution in [3.05, 3.63) is 64.5 Å². The third-order valence-electron chi connectivity index (χ3n) is 6.27. The monoisotopic (exact) mass is 398 g/mol. The number of nitrogens with one attached hydrogen (secondary N) is 2. The lowest BCUT2D eigenvalue weighted by atomic mass is 9.90. The van der Waals surface area contributed by atoms with E-state index in [-0.39, 0.29) is 23.7 Å². The Morgan fingerprint density at radius 1 is 1.17 bits per heavy atom. The Morgan fingerprint density at radius 3 is 2.59 bits per heavy atom. The van der Waals surface area contributed by atoms with E-state index in [0.29, 0.717) is 35.3 Å². The smallest absolute Gasteiger partial charge is 0.254 e. The van der Waals surface area contributed by atoms with Gasteiger partial charge in [-0.05, 0) is 35.4 Å². The number of halogens is 1. The quantitative estimate of drug-likeness (QED) is 0.671. The molecule has 2 heterocycles. The van der Waals surface area contributed by atoms with Crippen molar-refractivity contribution in [3.8, 4) is 5.75 Å². The van der Waals surface area contributed by atoms with E-state index in [9.17, 15) is 14.3 Å². The van der Waals surface area contributed by atoms with Gasteiger partial charge in [0, 0.05) is 36.4 Å². The van der Waals surface area contributed by atoms with Crippen molar-refractivity contribution in [2.75, 3.05) is 26.9 Å². The van der Waals surface area contributed by atoms with Crippen LogP contribution in [-0.2, 0) is 4.74 Å². The van der Waals surface area contributed by atoms with E-state index in [1.807, 2.05) is 6.07 Å². The van der Waals surface area contributed by atoms with Crippen LogP contribution in [0.5, 0.6) is 5.75 Å². The summed E-state index contributed by atoms with van der Waals surface area (Å²) in [7, 11) is 1.56. The normalized spacial score (nSPS) is 27.7. The van der Waals surface area contributed by atoms with Crippen LogP contribution in [0.4, 0.5) is 4.39 Å². The lowest BCUT2D eigenvalue weighted by Gasteiger charge is -2.18. The van der Waals surface area contributed by atoms with Crippen LogP contribution in [0, 0.1) is 17.7 Å². The number of aliphatic hydroxyl groups excluding tert-OH is 1. The molecule has 6 nitrogen and oxygen atoms in total. The standard InChI is InChI=1S/C22H23FN2O4/c1-24-22(27)15-7-12(21(26)25-19-17-8-28-9-18(17)19)6-14-16(10-29-20(14)15)11-2-4-13(23)5-3-11/h2-7,16-19,21,25-26H,8-10H2,1H3,(H,24,27)/t16-,17-,18+,19?,21?/m0/s1. The van der Waals surface area contributed by atoms with Crippen LogP contribution in [0.25, 0.3) is 0 Å².